The highest BCUT2D eigenvalue weighted by Gasteiger charge is 2.30. The van der Waals surface area contributed by atoms with Gasteiger partial charge in [-0.05, 0) is 63.9 Å². The minimum absolute atomic E-state index is 0.134. The Bertz CT molecular complexity index is 1020. The van der Waals surface area contributed by atoms with E-state index >= 15 is 0 Å². The lowest BCUT2D eigenvalue weighted by molar-refractivity contribution is 0.0197. The SMILES string of the molecule is CC(C)(C)OC(=O)N1CCCC(c2ccnc3ncc(-c4ccc(F)cc4)n23)C1. The lowest BCUT2D eigenvalue weighted by atomic mass is 9.94. The van der Waals surface area contributed by atoms with Crippen molar-refractivity contribution in [2.24, 2.45) is 0 Å². The minimum Gasteiger partial charge on any atom is -0.444 e. The molecule has 0 spiro atoms. The summed E-state index contributed by atoms with van der Waals surface area (Å²) in [6.07, 6.45) is 5.08. The smallest absolute Gasteiger partial charge is 0.410 e. The van der Waals surface area contributed by atoms with Gasteiger partial charge in [-0.25, -0.2) is 19.2 Å². The van der Waals surface area contributed by atoms with E-state index in [4.69, 9.17) is 4.74 Å². The third-order valence-corrected chi connectivity index (χ3v) is 5.07. The molecular formula is C22H25FN4O2. The van der Waals surface area contributed by atoms with Crippen molar-refractivity contribution in [1.82, 2.24) is 19.3 Å². The molecule has 3 heterocycles. The van der Waals surface area contributed by atoms with Gasteiger partial charge in [0.15, 0.2) is 0 Å². The monoisotopic (exact) mass is 396 g/mol. The first-order valence-electron chi connectivity index (χ1n) is 9.88. The fraction of sp³-hybridized carbons (Fsp3) is 0.409. The summed E-state index contributed by atoms with van der Waals surface area (Å²) < 4.78 is 20.9. The molecule has 1 aliphatic rings. The maximum Gasteiger partial charge on any atom is 0.410 e. The molecule has 4 rings (SSSR count). The fourth-order valence-corrected chi connectivity index (χ4v) is 3.80. The number of nitrogens with zero attached hydrogens (tertiary/aromatic N) is 4. The summed E-state index contributed by atoms with van der Waals surface area (Å²) in [6, 6.07) is 8.34. The van der Waals surface area contributed by atoms with Gasteiger partial charge in [0.05, 0.1) is 11.9 Å². The first-order chi connectivity index (χ1) is 13.8. The van der Waals surface area contributed by atoms with Crippen LogP contribution >= 0.6 is 0 Å². The third-order valence-electron chi connectivity index (χ3n) is 5.07. The molecule has 3 aromatic rings. The van der Waals surface area contributed by atoms with Crippen LogP contribution in [0.1, 0.15) is 45.2 Å². The van der Waals surface area contributed by atoms with Crippen molar-refractivity contribution >= 4 is 11.9 Å². The van der Waals surface area contributed by atoms with Crippen molar-refractivity contribution in [3.63, 3.8) is 0 Å². The van der Waals surface area contributed by atoms with Crippen LogP contribution < -0.4 is 0 Å². The quantitative estimate of drug-likeness (QED) is 0.633. The van der Waals surface area contributed by atoms with Crippen molar-refractivity contribution in [2.75, 3.05) is 13.1 Å². The number of fused-ring (bicyclic) bond motifs is 1. The highest BCUT2D eigenvalue weighted by atomic mass is 19.1. The number of hydrogen-bond acceptors (Lipinski definition) is 4. The van der Waals surface area contributed by atoms with Gasteiger partial charge in [0.1, 0.15) is 11.4 Å². The highest BCUT2D eigenvalue weighted by molar-refractivity contribution is 5.68. The Morgan fingerprint density at radius 3 is 2.66 bits per heavy atom. The first-order valence-corrected chi connectivity index (χ1v) is 9.88. The number of carbonyl (C=O) groups is 1. The second-order valence-corrected chi connectivity index (χ2v) is 8.42. The van der Waals surface area contributed by atoms with Gasteiger partial charge in [0.2, 0.25) is 5.78 Å². The van der Waals surface area contributed by atoms with Gasteiger partial charge in [0.25, 0.3) is 0 Å². The summed E-state index contributed by atoms with van der Waals surface area (Å²) in [6.45, 7) is 6.89. The Morgan fingerprint density at radius 1 is 1.17 bits per heavy atom. The Hall–Kier alpha value is -2.96. The molecule has 152 valence electrons. The summed E-state index contributed by atoms with van der Waals surface area (Å²) in [5.41, 5.74) is 2.25. The van der Waals surface area contributed by atoms with E-state index in [1.165, 1.54) is 12.1 Å². The van der Waals surface area contributed by atoms with Gasteiger partial charge in [-0.3, -0.25) is 4.40 Å². The molecule has 0 aliphatic carbocycles. The number of carbonyl (C=O) groups excluding carboxylic acids is 1. The Morgan fingerprint density at radius 2 is 1.93 bits per heavy atom. The minimum atomic E-state index is -0.520. The molecule has 2 aromatic heterocycles. The summed E-state index contributed by atoms with van der Waals surface area (Å²) in [4.78, 5) is 23.1. The van der Waals surface area contributed by atoms with Crippen LogP contribution in [0.25, 0.3) is 17.0 Å². The second kappa shape index (κ2) is 7.46. The molecule has 29 heavy (non-hydrogen) atoms. The first kappa shape index (κ1) is 19.4. The molecule has 1 amide bonds. The lowest BCUT2D eigenvalue weighted by Crippen LogP contribution is -2.42. The molecule has 7 heteroatoms. The molecule has 1 aromatic carbocycles. The van der Waals surface area contributed by atoms with E-state index in [-0.39, 0.29) is 17.8 Å². The number of ether oxygens (including phenoxy) is 1. The number of aromatic nitrogens is 3. The predicted molar refractivity (Wildman–Crippen MR) is 108 cm³/mol. The van der Waals surface area contributed by atoms with Crippen LogP contribution in [0, 0.1) is 5.82 Å². The molecule has 0 radical (unpaired) electrons. The number of amides is 1. The molecule has 1 unspecified atom stereocenters. The van der Waals surface area contributed by atoms with E-state index in [9.17, 15) is 9.18 Å². The molecule has 1 aliphatic heterocycles. The molecule has 1 atom stereocenters. The van der Waals surface area contributed by atoms with Crippen LogP contribution in [0.5, 0.6) is 0 Å². The number of hydrogen-bond donors (Lipinski definition) is 0. The molecule has 0 N–H and O–H groups in total. The van der Waals surface area contributed by atoms with Crippen molar-refractivity contribution in [2.45, 2.75) is 45.1 Å². The summed E-state index contributed by atoms with van der Waals surface area (Å²) in [5.74, 6) is 0.451. The lowest BCUT2D eigenvalue weighted by Gasteiger charge is -2.34. The van der Waals surface area contributed by atoms with Gasteiger partial charge in [0, 0.05) is 36.5 Å². The van der Waals surface area contributed by atoms with E-state index in [0.717, 1.165) is 29.8 Å². The molecule has 1 fully saturated rings. The number of halogens is 1. The molecule has 0 bridgehead atoms. The Balaban J connectivity index is 1.68. The van der Waals surface area contributed by atoms with E-state index in [0.29, 0.717) is 18.9 Å². The number of piperidine rings is 1. The predicted octanol–water partition coefficient (Wildman–Crippen LogP) is 4.65. The largest absolute Gasteiger partial charge is 0.444 e. The normalized spacial score (nSPS) is 17.5. The van der Waals surface area contributed by atoms with Gasteiger partial charge in [-0.2, -0.15) is 0 Å². The van der Waals surface area contributed by atoms with Gasteiger partial charge < -0.3 is 9.64 Å². The second-order valence-electron chi connectivity index (χ2n) is 8.42. The molecule has 0 saturated carbocycles. The van der Waals surface area contributed by atoms with Crippen molar-refractivity contribution < 1.29 is 13.9 Å². The van der Waals surface area contributed by atoms with Crippen LogP contribution in [0.15, 0.2) is 42.7 Å². The van der Waals surface area contributed by atoms with Crippen LogP contribution in [0.4, 0.5) is 9.18 Å². The zero-order chi connectivity index (χ0) is 20.6. The van der Waals surface area contributed by atoms with E-state index in [1.807, 2.05) is 31.2 Å². The van der Waals surface area contributed by atoms with Crippen molar-refractivity contribution in [3.8, 4) is 11.3 Å². The summed E-state index contributed by atoms with van der Waals surface area (Å²) in [5, 5.41) is 0. The van der Waals surface area contributed by atoms with E-state index in [1.54, 1.807) is 29.4 Å². The van der Waals surface area contributed by atoms with Crippen molar-refractivity contribution in [1.29, 1.82) is 0 Å². The molecule has 1 saturated heterocycles. The highest BCUT2D eigenvalue weighted by Crippen LogP contribution is 2.31. The number of rotatable bonds is 2. The third kappa shape index (κ3) is 4.09. The zero-order valence-electron chi connectivity index (χ0n) is 16.9. The van der Waals surface area contributed by atoms with E-state index < -0.39 is 5.60 Å². The topological polar surface area (TPSA) is 59.7 Å². The summed E-state index contributed by atoms with van der Waals surface area (Å²) >= 11 is 0. The van der Waals surface area contributed by atoms with Crippen LogP contribution in [0.2, 0.25) is 0 Å². The fourth-order valence-electron chi connectivity index (χ4n) is 3.80. The van der Waals surface area contributed by atoms with Gasteiger partial charge in [-0.15, -0.1) is 0 Å². The zero-order valence-corrected chi connectivity index (χ0v) is 16.9. The van der Waals surface area contributed by atoms with Crippen LogP contribution in [-0.2, 0) is 4.74 Å². The average molecular weight is 396 g/mol. The average Bonchev–Trinajstić information content (AvgIpc) is 3.12. The Labute approximate surface area is 169 Å². The van der Waals surface area contributed by atoms with Crippen molar-refractivity contribution in [3.05, 3.63) is 54.2 Å². The number of imidazole rings is 1. The van der Waals surface area contributed by atoms with Crippen LogP contribution in [0.3, 0.4) is 0 Å². The van der Waals surface area contributed by atoms with Crippen LogP contribution in [-0.4, -0.2) is 44.1 Å². The van der Waals surface area contributed by atoms with E-state index in [2.05, 4.69) is 9.97 Å². The molecule has 6 nitrogen and oxygen atoms in total. The summed E-state index contributed by atoms with van der Waals surface area (Å²) in [7, 11) is 0. The standard InChI is InChI=1S/C22H25FN4O2/c1-22(2,3)29-21(28)26-12-4-5-16(14-26)18-10-11-24-20-25-13-19(27(18)20)15-6-8-17(23)9-7-15/h6-11,13,16H,4-5,12,14H2,1-3H3. The molecular weight excluding hydrogens is 371 g/mol. The maximum absolute atomic E-state index is 13.4. The maximum atomic E-state index is 13.4. The van der Waals surface area contributed by atoms with Gasteiger partial charge >= 0.3 is 6.09 Å². The number of likely N-dealkylation sites (tertiary alicyclic amines) is 1. The Kier molecular flexibility index (Phi) is 4.98. The number of benzene rings is 1. The van der Waals surface area contributed by atoms with Gasteiger partial charge in [-0.1, -0.05) is 0 Å².